The Hall–Kier alpha value is 0.532. The number of halogens is 2. The van der Waals surface area contributed by atoms with Gasteiger partial charge in [0.1, 0.15) is 5.82 Å². The molecule has 0 nitrogen and oxygen atoms in total. The van der Waals surface area contributed by atoms with Gasteiger partial charge in [-0.2, -0.15) is 0 Å². The number of hydrogen-bond acceptors (Lipinski definition) is 0. The van der Waals surface area contributed by atoms with Gasteiger partial charge < -0.3 is 0 Å². The van der Waals surface area contributed by atoms with E-state index in [-0.39, 0.29) is 13.7 Å². The third-order valence-electron chi connectivity index (χ3n) is 4.54. The molecule has 2 saturated carbocycles. The van der Waals surface area contributed by atoms with E-state index in [1.807, 2.05) is 12.1 Å². The topological polar surface area (TPSA) is 0 Å². The van der Waals surface area contributed by atoms with Gasteiger partial charge in [-0.05, 0) is 54.4 Å². The van der Waals surface area contributed by atoms with Crippen molar-refractivity contribution in [3.8, 4) is 0 Å². The van der Waals surface area contributed by atoms with Crippen molar-refractivity contribution in [2.24, 2.45) is 0 Å². The second-order valence-electron chi connectivity index (χ2n) is 5.85. The van der Waals surface area contributed by atoms with E-state index in [9.17, 15) is 4.39 Å². The van der Waals surface area contributed by atoms with Gasteiger partial charge in [0.25, 0.3) is 0 Å². The van der Waals surface area contributed by atoms with Crippen molar-refractivity contribution in [3.63, 3.8) is 0 Å². The minimum atomic E-state index is -0.114. The maximum atomic E-state index is 13.5. The van der Waals surface area contributed by atoms with Crippen molar-refractivity contribution in [2.45, 2.75) is 62.7 Å². The summed E-state index contributed by atoms with van der Waals surface area (Å²) in [7, 11) is -0.114. The van der Waals surface area contributed by atoms with E-state index >= 15 is 0 Å². The van der Waals surface area contributed by atoms with Crippen molar-refractivity contribution in [3.05, 3.63) is 30.1 Å². The van der Waals surface area contributed by atoms with Crippen LogP contribution in [0, 0.1) is 5.82 Å². The summed E-state index contributed by atoms with van der Waals surface area (Å²) in [6.07, 6.45) is 11.1. The van der Waals surface area contributed by atoms with Gasteiger partial charge in [-0.25, -0.2) is 4.39 Å². The molecule has 0 atom stereocenters. The molecule has 0 amide bonds. The molecule has 2 aliphatic rings. The molecule has 1 aromatic carbocycles. The van der Waals surface area contributed by atoms with E-state index in [1.54, 1.807) is 6.07 Å². The second kappa shape index (κ2) is 9.62. The number of rotatable bonds is 3. The first-order valence-corrected chi connectivity index (χ1v) is 11.0. The Kier molecular flexibility index (Phi) is 8.19. The molecule has 0 unspecified atom stereocenters. The summed E-state index contributed by atoms with van der Waals surface area (Å²) < 4.78 is 14.1. The molecule has 2 fully saturated rings. The predicted molar refractivity (Wildman–Crippen MR) is 88.2 cm³/mol. The summed E-state index contributed by atoms with van der Waals surface area (Å²) in [6.45, 7) is 0. The van der Waals surface area contributed by atoms with E-state index in [1.165, 1.54) is 56.7 Å². The molecular formula is C17H24ClFPPd. The van der Waals surface area contributed by atoms with Crippen LogP contribution in [-0.4, -0.2) is 15.7 Å². The quantitative estimate of drug-likeness (QED) is 0.342. The normalized spacial score (nSPS) is 19.9. The molecule has 121 valence electrons. The number of benzene rings is 1. The minimum absolute atomic E-state index is 0.0454. The summed E-state index contributed by atoms with van der Waals surface area (Å²) in [5.41, 5.74) is 1.76. The van der Waals surface area contributed by atoms with Crippen LogP contribution < -0.4 is 5.30 Å². The van der Waals surface area contributed by atoms with E-state index in [0.29, 0.717) is 4.35 Å². The van der Waals surface area contributed by atoms with E-state index in [4.69, 9.17) is 11.6 Å². The van der Waals surface area contributed by atoms with Crippen LogP contribution in [0.1, 0.15) is 51.4 Å². The molecule has 0 heterocycles. The average Bonchev–Trinajstić information content (AvgIpc) is 3.14. The fourth-order valence-corrected chi connectivity index (χ4v) is 7.53. The van der Waals surface area contributed by atoms with Crippen molar-refractivity contribution in [2.75, 3.05) is 4.35 Å². The van der Waals surface area contributed by atoms with Crippen molar-refractivity contribution >= 4 is 24.8 Å². The molecule has 4 heteroatoms. The first-order valence-electron chi connectivity index (χ1n) is 7.87. The summed E-state index contributed by atoms with van der Waals surface area (Å²) in [6, 6.07) is 7.50. The van der Waals surface area contributed by atoms with E-state index < -0.39 is 0 Å². The van der Waals surface area contributed by atoms with Crippen LogP contribution in [-0.2, 0) is 19.2 Å². The molecule has 0 aliphatic heterocycles. The van der Waals surface area contributed by atoms with Gasteiger partial charge >= 0.3 is 35.2 Å². The molecule has 0 saturated heterocycles. The number of alkyl halides is 1. The fourth-order valence-electron chi connectivity index (χ4n) is 3.72. The third kappa shape index (κ3) is 5.28. The van der Waals surface area contributed by atoms with Crippen LogP contribution in [0.5, 0.6) is 0 Å². The van der Waals surface area contributed by atoms with Crippen LogP contribution in [0.2, 0.25) is 0 Å². The zero-order valence-corrected chi connectivity index (χ0v) is 15.6. The Bertz CT molecular complexity index is 401. The van der Waals surface area contributed by atoms with Crippen LogP contribution in [0.3, 0.4) is 0 Å². The van der Waals surface area contributed by atoms with E-state index in [2.05, 4.69) is 25.3 Å². The summed E-state index contributed by atoms with van der Waals surface area (Å²) in [5.74, 6) is -0.0454. The van der Waals surface area contributed by atoms with Crippen LogP contribution in [0.4, 0.5) is 4.39 Å². The minimum Gasteiger partial charge on any atom is -0.207 e. The Morgan fingerprint density at radius 1 is 1.05 bits per heavy atom. The Morgan fingerprint density at radius 2 is 1.52 bits per heavy atom. The van der Waals surface area contributed by atoms with Gasteiger partial charge in [0, 0.05) is 0 Å². The largest absolute Gasteiger partial charge is 0.207 e. The second-order valence-corrected chi connectivity index (χ2v) is 10.1. The molecule has 1 aromatic rings. The first-order chi connectivity index (χ1) is 10.3. The molecular weight excluding hydrogens is 396 g/mol. The molecule has 2 aliphatic carbocycles. The van der Waals surface area contributed by atoms with Gasteiger partial charge in [0.15, 0.2) is 0 Å². The number of hydrogen-bond donors (Lipinski definition) is 0. The Morgan fingerprint density at radius 3 is 1.95 bits per heavy atom. The summed E-state index contributed by atoms with van der Waals surface area (Å²) in [4.78, 5) is 0. The SMILES string of the molecule is Cl[CH2][Pd].Fc1cccc(P(C2CCCC2)C2CCCC2)c1. The standard InChI is InChI=1S/C16H22FP.CH2Cl.Pd/c17-13-6-5-11-16(12-13)18(14-7-1-2-8-14)15-9-3-4-10-15;1-2;/h5-6,11-12,14-15H,1-4,7-10H2;1H2;. The van der Waals surface area contributed by atoms with Gasteiger partial charge in [0.2, 0.25) is 0 Å². The van der Waals surface area contributed by atoms with E-state index in [0.717, 1.165) is 11.3 Å². The predicted octanol–water partition coefficient (Wildman–Crippen LogP) is 5.55. The monoisotopic (exact) mass is 419 g/mol. The van der Waals surface area contributed by atoms with Crippen LogP contribution in [0.15, 0.2) is 24.3 Å². The van der Waals surface area contributed by atoms with Gasteiger partial charge in [0.05, 0.1) is 0 Å². The van der Waals surface area contributed by atoms with Gasteiger partial charge in [-0.15, -0.1) is 0 Å². The Balaban J connectivity index is 0.000000497. The summed E-state index contributed by atoms with van der Waals surface area (Å²) >= 11 is 7.64. The van der Waals surface area contributed by atoms with Crippen molar-refractivity contribution in [1.82, 2.24) is 0 Å². The maximum absolute atomic E-state index is 13.5. The molecule has 0 aromatic heterocycles. The van der Waals surface area contributed by atoms with Crippen molar-refractivity contribution in [1.29, 1.82) is 0 Å². The molecule has 21 heavy (non-hydrogen) atoms. The maximum Gasteiger partial charge on any atom is 0.123 e. The van der Waals surface area contributed by atoms with Crippen molar-refractivity contribution < 1.29 is 23.6 Å². The molecule has 3 rings (SSSR count). The summed E-state index contributed by atoms with van der Waals surface area (Å²) in [5, 5.41) is 1.34. The molecule has 0 N–H and O–H groups in total. The van der Waals surface area contributed by atoms with Gasteiger partial charge in [-0.3, -0.25) is 0 Å². The first kappa shape index (κ1) is 17.9. The zero-order valence-electron chi connectivity index (χ0n) is 12.3. The fraction of sp³-hybridized carbons (Fsp3) is 0.647. The van der Waals surface area contributed by atoms with Crippen LogP contribution >= 0.6 is 19.5 Å². The average molecular weight is 420 g/mol. The molecule has 0 radical (unpaired) electrons. The zero-order chi connectivity index (χ0) is 15.1. The van der Waals surface area contributed by atoms with Gasteiger partial charge in [-0.1, -0.05) is 45.7 Å². The van der Waals surface area contributed by atoms with Crippen LogP contribution in [0.25, 0.3) is 0 Å². The molecule has 0 spiro atoms. The molecule has 0 bridgehead atoms. The Labute approximate surface area is 145 Å². The third-order valence-corrected chi connectivity index (χ3v) is 8.02. The smallest absolute Gasteiger partial charge is 0.123 e.